The van der Waals surface area contributed by atoms with Crippen LogP contribution in [0.3, 0.4) is 0 Å². The molecule has 1 N–H and O–H groups in total. The van der Waals surface area contributed by atoms with E-state index in [1.54, 1.807) is 30.1 Å². The highest BCUT2D eigenvalue weighted by molar-refractivity contribution is 5.77. The SMILES string of the molecule is CN1CC(C(=O)O)Oc2c(C#N)cccc21. The number of ether oxygens (including phenoxy) is 1. The van der Waals surface area contributed by atoms with E-state index in [-0.39, 0.29) is 6.54 Å². The number of benzene rings is 1. The minimum absolute atomic E-state index is 0.275. The Hall–Kier alpha value is -2.22. The number of carboxylic acids is 1. The third-order valence-electron chi connectivity index (χ3n) is 2.50. The molecule has 1 heterocycles. The highest BCUT2D eigenvalue weighted by Gasteiger charge is 2.30. The van der Waals surface area contributed by atoms with Gasteiger partial charge in [-0.3, -0.25) is 0 Å². The number of fused-ring (bicyclic) bond motifs is 1. The standard InChI is InChI=1S/C11H10N2O3/c1-13-6-9(11(14)15)16-10-7(5-12)3-2-4-8(10)13/h2-4,9H,6H2,1H3,(H,14,15). The van der Waals surface area contributed by atoms with Crippen LogP contribution >= 0.6 is 0 Å². The smallest absolute Gasteiger partial charge is 0.346 e. The second-order valence-electron chi connectivity index (χ2n) is 3.59. The summed E-state index contributed by atoms with van der Waals surface area (Å²) >= 11 is 0. The summed E-state index contributed by atoms with van der Waals surface area (Å²) in [6.07, 6.45) is -0.924. The maximum Gasteiger partial charge on any atom is 0.346 e. The first kappa shape index (κ1) is 10.3. The van der Waals surface area contributed by atoms with Crippen LogP contribution in [0.25, 0.3) is 0 Å². The van der Waals surface area contributed by atoms with Crippen molar-refractivity contribution >= 4 is 11.7 Å². The average Bonchev–Trinajstić information content (AvgIpc) is 2.28. The van der Waals surface area contributed by atoms with Crippen LogP contribution in [0, 0.1) is 11.3 Å². The predicted molar refractivity (Wildman–Crippen MR) is 56.5 cm³/mol. The number of carbonyl (C=O) groups is 1. The summed E-state index contributed by atoms with van der Waals surface area (Å²) < 4.78 is 5.32. The van der Waals surface area contributed by atoms with Crippen molar-refractivity contribution in [2.75, 3.05) is 18.5 Å². The molecule has 0 amide bonds. The number of anilines is 1. The van der Waals surface area contributed by atoms with Gasteiger partial charge in [0.2, 0.25) is 6.10 Å². The number of carboxylic acid groups (broad SMARTS) is 1. The Morgan fingerprint density at radius 2 is 2.44 bits per heavy atom. The number of aliphatic carboxylic acids is 1. The van der Waals surface area contributed by atoms with E-state index >= 15 is 0 Å². The molecule has 0 fully saturated rings. The number of para-hydroxylation sites is 1. The van der Waals surface area contributed by atoms with E-state index in [1.165, 1.54) is 0 Å². The zero-order valence-corrected chi connectivity index (χ0v) is 8.67. The Bertz CT molecular complexity index is 479. The highest BCUT2D eigenvalue weighted by Crippen LogP contribution is 2.35. The molecule has 0 spiro atoms. The number of likely N-dealkylation sites (N-methyl/N-ethyl adjacent to an activating group) is 1. The summed E-state index contributed by atoms with van der Waals surface area (Å²) in [5, 5.41) is 17.8. The molecule has 1 aliphatic rings. The van der Waals surface area contributed by atoms with Crippen LogP contribution < -0.4 is 9.64 Å². The van der Waals surface area contributed by atoms with Crippen molar-refractivity contribution < 1.29 is 14.6 Å². The van der Waals surface area contributed by atoms with Crippen LogP contribution in [-0.4, -0.2) is 30.8 Å². The summed E-state index contributed by atoms with van der Waals surface area (Å²) in [4.78, 5) is 12.7. The maximum absolute atomic E-state index is 10.9. The van der Waals surface area contributed by atoms with Gasteiger partial charge in [0.15, 0.2) is 5.75 Å². The molecule has 1 atom stereocenters. The predicted octanol–water partition coefficient (Wildman–Crippen LogP) is 0.840. The maximum atomic E-state index is 10.9. The topological polar surface area (TPSA) is 73.6 Å². The van der Waals surface area contributed by atoms with Crippen molar-refractivity contribution in [2.24, 2.45) is 0 Å². The van der Waals surface area contributed by atoms with E-state index in [4.69, 9.17) is 15.1 Å². The van der Waals surface area contributed by atoms with Crippen LogP contribution in [0.2, 0.25) is 0 Å². The van der Waals surface area contributed by atoms with Gasteiger partial charge >= 0.3 is 5.97 Å². The first-order valence-corrected chi connectivity index (χ1v) is 4.77. The highest BCUT2D eigenvalue weighted by atomic mass is 16.5. The fraction of sp³-hybridized carbons (Fsp3) is 0.273. The third-order valence-corrected chi connectivity index (χ3v) is 2.50. The van der Waals surface area contributed by atoms with Gasteiger partial charge in [-0.15, -0.1) is 0 Å². The molecular weight excluding hydrogens is 208 g/mol. The minimum Gasteiger partial charge on any atom is -0.478 e. The monoisotopic (exact) mass is 218 g/mol. The summed E-state index contributed by atoms with van der Waals surface area (Å²) in [6.45, 7) is 0.275. The van der Waals surface area contributed by atoms with Crippen molar-refractivity contribution in [3.05, 3.63) is 23.8 Å². The summed E-state index contributed by atoms with van der Waals surface area (Å²) in [5.74, 6) is -0.670. The van der Waals surface area contributed by atoms with Crippen LogP contribution in [0.4, 0.5) is 5.69 Å². The molecule has 5 nitrogen and oxygen atoms in total. The molecule has 0 aliphatic carbocycles. The van der Waals surface area contributed by atoms with Crippen molar-refractivity contribution in [1.82, 2.24) is 0 Å². The number of nitrogens with zero attached hydrogens (tertiary/aromatic N) is 2. The molecule has 1 aromatic rings. The van der Waals surface area contributed by atoms with Crippen LogP contribution in [0.1, 0.15) is 5.56 Å². The van der Waals surface area contributed by atoms with Gasteiger partial charge in [-0.2, -0.15) is 5.26 Å². The quantitative estimate of drug-likeness (QED) is 0.756. The average molecular weight is 218 g/mol. The molecule has 0 bridgehead atoms. The van der Waals surface area contributed by atoms with E-state index in [2.05, 4.69) is 0 Å². The van der Waals surface area contributed by atoms with Gasteiger partial charge in [-0.25, -0.2) is 4.79 Å². The molecule has 1 unspecified atom stereocenters. The molecular formula is C11H10N2O3. The summed E-state index contributed by atoms with van der Waals surface area (Å²) in [5.41, 5.74) is 1.10. The molecule has 16 heavy (non-hydrogen) atoms. The Labute approximate surface area is 92.5 Å². The van der Waals surface area contributed by atoms with Crippen LogP contribution in [-0.2, 0) is 4.79 Å². The molecule has 1 aromatic carbocycles. The van der Waals surface area contributed by atoms with Crippen molar-refractivity contribution in [3.63, 3.8) is 0 Å². The molecule has 2 rings (SSSR count). The number of nitriles is 1. The second kappa shape index (κ2) is 3.74. The van der Waals surface area contributed by atoms with E-state index < -0.39 is 12.1 Å². The van der Waals surface area contributed by atoms with Gasteiger partial charge in [0.25, 0.3) is 0 Å². The number of rotatable bonds is 1. The minimum atomic E-state index is -1.02. The van der Waals surface area contributed by atoms with Crippen molar-refractivity contribution in [2.45, 2.75) is 6.10 Å². The van der Waals surface area contributed by atoms with Gasteiger partial charge in [0.1, 0.15) is 6.07 Å². The van der Waals surface area contributed by atoms with Crippen molar-refractivity contribution in [1.29, 1.82) is 5.26 Å². The van der Waals surface area contributed by atoms with Gasteiger partial charge in [0, 0.05) is 7.05 Å². The largest absolute Gasteiger partial charge is 0.478 e. The Kier molecular flexibility index (Phi) is 2.41. The molecule has 82 valence electrons. The van der Waals surface area contributed by atoms with E-state index in [0.717, 1.165) is 5.69 Å². The molecule has 0 saturated carbocycles. The van der Waals surface area contributed by atoms with Crippen molar-refractivity contribution in [3.8, 4) is 11.8 Å². The zero-order valence-electron chi connectivity index (χ0n) is 8.67. The summed E-state index contributed by atoms with van der Waals surface area (Å²) in [6, 6.07) is 7.15. The normalized spacial score (nSPS) is 18.2. The van der Waals surface area contributed by atoms with E-state index in [1.807, 2.05) is 6.07 Å². The fourth-order valence-electron chi connectivity index (χ4n) is 1.69. The molecule has 0 aromatic heterocycles. The molecule has 1 aliphatic heterocycles. The van der Waals surface area contributed by atoms with Crippen LogP contribution in [0.15, 0.2) is 18.2 Å². The Balaban J connectivity index is 2.47. The lowest BCUT2D eigenvalue weighted by atomic mass is 10.1. The number of hydrogen-bond acceptors (Lipinski definition) is 4. The lowest BCUT2D eigenvalue weighted by Gasteiger charge is -2.32. The van der Waals surface area contributed by atoms with Gasteiger partial charge < -0.3 is 14.7 Å². The van der Waals surface area contributed by atoms with E-state index in [0.29, 0.717) is 11.3 Å². The van der Waals surface area contributed by atoms with Crippen LogP contribution in [0.5, 0.6) is 5.75 Å². The molecule has 0 radical (unpaired) electrons. The Morgan fingerprint density at radius 3 is 3.06 bits per heavy atom. The number of hydrogen-bond donors (Lipinski definition) is 1. The first-order valence-electron chi connectivity index (χ1n) is 4.77. The summed E-state index contributed by atoms with van der Waals surface area (Å²) in [7, 11) is 1.78. The van der Waals surface area contributed by atoms with Gasteiger partial charge in [-0.1, -0.05) is 6.07 Å². The first-order chi connectivity index (χ1) is 7.63. The zero-order chi connectivity index (χ0) is 11.7. The molecule has 0 saturated heterocycles. The fourth-order valence-corrected chi connectivity index (χ4v) is 1.69. The lowest BCUT2D eigenvalue weighted by molar-refractivity contribution is -0.144. The molecule has 5 heteroatoms. The van der Waals surface area contributed by atoms with Gasteiger partial charge in [-0.05, 0) is 12.1 Å². The second-order valence-corrected chi connectivity index (χ2v) is 3.59. The lowest BCUT2D eigenvalue weighted by Crippen LogP contribution is -2.42. The van der Waals surface area contributed by atoms with Gasteiger partial charge in [0.05, 0.1) is 17.8 Å². The Morgan fingerprint density at radius 1 is 1.69 bits per heavy atom. The van der Waals surface area contributed by atoms with E-state index in [9.17, 15) is 4.79 Å². The third kappa shape index (κ3) is 1.54.